The molecular formula is C19H21NO3. The minimum atomic E-state index is -0.262. The van der Waals surface area contributed by atoms with E-state index in [4.69, 9.17) is 9.47 Å². The number of carbonyl (C=O) groups is 1. The maximum absolute atomic E-state index is 11.5. The van der Waals surface area contributed by atoms with Crippen molar-refractivity contribution in [2.75, 3.05) is 13.7 Å². The van der Waals surface area contributed by atoms with Gasteiger partial charge in [-0.3, -0.25) is 4.79 Å². The highest BCUT2D eigenvalue weighted by molar-refractivity contribution is 5.76. The number of esters is 1. The molecule has 1 saturated heterocycles. The highest BCUT2D eigenvalue weighted by Crippen LogP contribution is 2.19. The first-order valence-corrected chi connectivity index (χ1v) is 7.85. The van der Waals surface area contributed by atoms with Gasteiger partial charge in [-0.25, -0.2) is 0 Å². The summed E-state index contributed by atoms with van der Waals surface area (Å²) in [4.78, 5) is 11.5. The van der Waals surface area contributed by atoms with Crippen molar-refractivity contribution in [1.82, 2.24) is 5.32 Å². The van der Waals surface area contributed by atoms with Crippen molar-refractivity contribution in [1.29, 1.82) is 0 Å². The first-order valence-electron chi connectivity index (χ1n) is 7.85. The first kappa shape index (κ1) is 15.6. The summed E-state index contributed by atoms with van der Waals surface area (Å²) in [6, 6.07) is 18.3. The smallest absolute Gasteiger partial charge is 0.323 e. The molecule has 0 amide bonds. The summed E-state index contributed by atoms with van der Waals surface area (Å²) in [6.45, 7) is 0.658. The van der Waals surface area contributed by atoms with Crippen molar-refractivity contribution in [3.63, 3.8) is 0 Å². The summed E-state index contributed by atoms with van der Waals surface area (Å²) < 4.78 is 10.7. The molecule has 0 aromatic heterocycles. The summed E-state index contributed by atoms with van der Waals surface area (Å²) >= 11 is 0. The molecule has 2 unspecified atom stereocenters. The van der Waals surface area contributed by atoms with Gasteiger partial charge in [0.1, 0.15) is 17.9 Å². The van der Waals surface area contributed by atoms with Crippen LogP contribution in [-0.2, 0) is 16.0 Å². The van der Waals surface area contributed by atoms with Gasteiger partial charge >= 0.3 is 5.97 Å². The Labute approximate surface area is 136 Å². The second kappa shape index (κ2) is 7.29. The van der Waals surface area contributed by atoms with Crippen LogP contribution in [0.1, 0.15) is 17.5 Å². The minimum absolute atomic E-state index is 0.000858. The van der Waals surface area contributed by atoms with Gasteiger partial charge in [0.2, 0.25) is 0 Å². The topological polar surface area (TPSA) is 47.6 Å². The van der Waals surface area contributed by atoms with Crippen molar-refractivity contribution < 1.29 is 14.3 Å². The molecular weight excluding hydrogens is 290 g/mol. The lowest BCUT2D eigenvalue weighted by Gasteiger charge is -2.13. The molecule has 0 radical (unpaired) electrons. The SMILES string of the molecule is COC(=O)C1CC(Oc2ccc(Cc3ccccc3)cc2)CN1. The largest absolute Gasteiger partial charge is 0.489 e. The standard InChI is InChI=1S/C19H21NO3/c1-22-19(21)18-12-17(13-20-18)23-16-9-7-15(8-10-16)11-14-5-3-2-4-6-14/h2-10,17-18,20H,11-13H2,1H3. The van der Waals surface area contributed by atoms with Crippen molar-refractivity contribution in [3.05, 3.63) is 65.7 Å². The van der Waals surface area contributed by atoms with E-state index in [0.29, 0.717) is 13.0 Å². The maximum Gasteiger partial charge on any atom is 0.323 e. The highest BCUT2D eigenvalue weighted by Gasteiger charge is 2.31. The van der Waals surface area contributed by atoms with Crippen LogP contribution in [0.4, 0.5) is 0 Å². The van der Waals surface area contributed by atoms with Crippen LogP contribution in [0.25, 0.3) is 0 Å². The average molecular weight is 311 g/mol. The molecule has 0 saturated carbocycles. The number of ether oxygens (including phenoxy) is 2. The van der Waals surface area contributed by atoms with Crippen LogP contribution in [0.15, 0.2) is 54.6 Å². The van der Waals surface area contributed by atoms with Gasteiger partial charge in [-0.15, -0.1) is 0 Å². The molecule has 2 aromatic rings. The second-order valence-corrected chi connectivity index (χ2v) is 5.77. The fourth-order valence-electron chi connectivity index (χ4n) is 2.82. The zero-order chi connectivity index (χ0) is 16.1. The molecule has 120 valence electrons. The highest BCUT2D eigenvalue weighted by atomic mass is 16.5. The van der Waals surface area contributed by atoms with Gasteiger partial charge in [-0.1, -0.05) is 42.5 Å². The van der Waals surface area contributed by atoms with E-state index in [9.17, 15) is 4.79 Å². The molecule has 2 atom stereocenters. The molecule has 0 bridgehead atoms. The van der Waals surface area contributed by atoms with E-state index in [2.05, 4.69) is 41.7 Å². The fourth-order valence-corrected chi connectivity index (χ4v) is 2.82. The number of methoxy groups -OCH3 is 1. The monoisotopic (exact) mass is 311 g/mol. The number of hydrogen-bond acceptors (Lipinski definition) is 4. The van der Waals surface area contributed by atoms with Crippen molar-refractivity contribution in [3.8, 4) is 5.75 Å². The lowest BCUT2D eigenvalue weighted by atomic mass is 10.1. The van der Waals surface area contributed by atoms with E-state index in [0.717, 1.165) is 12.2 Å². The van der Waals surface area contributed by atoms with Gasteiger partial charge in [0.05, 0.1) is 7.11 Å². The Hall–Kier alpha value is -2.33. The molecule has 1 fully saturated rings. The molecule has 2 aromatic carbocycles. The Morgan fingerprint density at radius 2 is 1.78 bits per heavy atom. The van der Waals surface area contributed by atoms with E-state index >= 15 is 0 Å². The van der Waals surface area contributed by atoms with Gasteiger partial charge in [0.25, 0.3) is 0 Å². The second-order valence-electron chi connectivity index (χ2n) is 5.77. The molecule has 4 heteroatoms. The lowest BCUT2D eigenvalue weighted by Crippen LogP contribution is -2.31. The molecule has 1 N–H and O–H groups in total. The first-order chi connectivity index (χ1) is 11.2. The number of carbonyl (C=O) groups excluding carboxylic acids is 1. The molecule has 0 spiro atoms. The predicted molar refractivity (Wildman–Crippen MR) is 88.5 cm³/mol. The van der Waals surface area contributed by atoms with E-state index in [1.807, 2.05) is 18.2 Å². The zero-order valence-electron chi connectivity index (χ0n) is 13.2. The maximum atomic E-state index is 11.5. The zero-order valence-corrected chi connectivity index (χ0v) is 13.2. The molecule has 0 aliphatic carbocycles. The normalized spacial score (nSPS) is 20.2. The Morgan fingerprint density at radius 1 is 1.09 bits per heavy atom. The lowest BCUT2D eigenvalue weighted by molar-refractivity contribution is -0.142. The summed E-state index contributed by atoms with van der Waals surface area (Å²) in [5, 5.41) is 3.12. The fraction of sp³-hybridized carbons (Fsp3) is 0.316. The van der Waals surface area contributed by atoms with Gasteiger partial charge in [-0.2, -0.15) is 0 Å². The molecule has 1 aliphatic heterocycles. The van der Waals surface area contributed by atoms with Crippen molar-refractivity contribution >= 4 is 5.97 Å². The summed E-state index contributed by atoms with van der Waals surface area (Å²) in [5.41, 5.74) is 2.54. The quantitative estimate of drug-likeness (QED) is 0.862. The Bertz CT molecular complexity index is 639. The number of nitrogens with one attached hydrogen (secondary N) is 1. The Kier molecular flexibility index (Phi) is 4.93. The van der Waals surface area contributed by atoms with Gasteiger partial charge < -0.3 is 14.8 Å². The molecule has 23 heavy (non-hydrogen) atoms. The molecule has 3 rings (SSSR count). The predicted octanol–water partition coefficient (Wildman–Crippen LogP) is 2.56. The summed E-state index contributed by atoms with van der Waals surface area (Å²) in [7, 11) is 1.41. The molecule has 4 nitrogen and oxygen atoms in total. The molecule has 1 aliphatic rings. The van der Waals surface area contributed by atoms with Crippen LogP contribution in [0.5, 0.6) is 5.75 Å². The van der Waals surface area contributed by atoms with Crippen molar-refractivity contribution in [2.45, 2.75) is 25.0 Å². The van der Waals surface area contributed by atoms with E-state index in [1.165, 1.54) is 18.2 Å². The van der Waals surface area contributed by atoms with E-state index in [1.54, 1.807) is 0 Å². The summed E-state index contributed by atoms with van der Waals surface area (Å²) in [6.07, 6.45) is 1.55. The van der Waals surface area contributed by atoms with Crippen LogP contribution < -0.4 is 10.1 Å². The van der Waals surface area contributed by atoms with Gasteiger partial charge in [0.15, 0.2) is 0 Å². The average Bonchev–Trinajstić information content (AvgIpc) is 3.05. The van der Waals surface area contributed by atoms with Gasteiger partial charge in [0, 0.05) is 13.0 Å². The third kappa shape index (κ3) is 4.11. The summed E-state index contributed by atoms with van der Waals surface area (Å²) in [5.74, 6) is 0.605. The van der Waals surface area contributed by atoms with E-state index < -0.39 is 0 Å². The Balaban J connectivity index is 1.55. The Morgan fingerprint density at radius 3 is 2.48 bits per heavy atom. The van der Waals surface area contributed by atoms with Crippen LogP contribution in [0, 0.1) is 0 Å². The molecule has 1 heterocycles. The number of benzene rings is 2. The van der Waals surface area contributed by atoms with E-state index in [-0.39, 0.29) is 18.1 Å². The number of hydrogen-bond donors (Lipinski definition) is 1. The van der Waals surface area contributed by atoms with Crippen LogP contribution in [0.2, 0.25) is 0 Å². The van der Waals surface area contributed by atoms with Crippen LogP contribution in [-0.4, -0.2) is 31.8 Å². The van der Waals surface area contributed by atoms with Crippen molar-refractivity contribution in [2.24, 2.45) is 0 Å². The van der Waals surface area contributed by atoms with Crippen LogP contribution in [0.3, 0.4) is 0 Å². The minimum Gasteiger partial charge on any atom is -0.489 e. The van der Waals surface area contributed by atoms with Gasteiger partial charge in [-0.05, 0) is 29.7 Å². The number of rotatable bonds is 5. The third-order valence-electron chi connectivity index (χ3n) is 4.05. The van der Waals surface area contributed by atoms with Crippen LogP contribution >= 0.6 is 0 Å². The third-order valence-corrected chi connectivity index (χ3v) is 4.05.